The van der Waals surface area contributed by atoms with Crippen LogP contribution in [0.25, 0.3) is 0 Å². The molecule has 0 radical (unpaired) electrons. The first kappa shape index (κ1) is 27.7. The van der Waals surface area contributed by atoms with E-state index in [1.807, 2.05) is 6.07 Å². The molecule has 2 aliphatic heterocycles. The molecule has 0 aromatic heterocycles. The highest BCUT2D eigenvalue weighted by Gasteiger charge is 2.28. The lowest BCUT2D eigenvalue weighted by atomic mass is 9.83. The summed E-state index contributed by atoms with van der Waals surface area (Å²) in [4.78, 5) is 30.0. The molecule has 2 aromatic carbocycles. The topological polar surface area (TPSA) is 61.9 Å². The van der Waals surface area contributed by atoms with Gasteiger partial charge in [0, 0.05) is 36.3 Å². The molecule has 0 spiro atoms. The van der Waals surface area contributed by atoms with Crippen LogP contribution in [0.3, 0.4) is 0 Å². The van der Waals surface area contributed by atoms with Crippen LogP contribution < -0.4 is 10.2 Å². The molecule has 5 rings (SSSR count). The van der Waals surface area contributed by atoms with E-state index in [1.165, 1.54) is 18.2 Å². The Balaban J connectivity index is 1.01. The summed E-state index contributed by atoms with van der Waals surface area (Å²) < 4.78 is 33.3. The van der Waals surface area contributed by atoms with E-state index in [2.05, 4.69) is 15.1 Å². The van der Waals surface area contributed by atoms with Crippen LogP contribution in [0.15, 0.2) is 42.5 Å². The number of likely N-dealkylation sites (tertiary alicyclic amines) is 1. The Hall–Kier alpha value is -2.84. The molecule has 0 atom stereocenters. The Bertz CT molecular complexity index is 1120. The van der Waals surface area contributed by atoms with Gasteiger partial charge in [0.15, 0.2) is 5.78 Å². The number of morpholine rings is 1. The van der Waals surface area contributed by atoms with Crippen molar-refractivity contribution in [3.05, 3.63) is 65.2 Å². The number of hydrogen-bond acceptors (Lipinski definition) is 5. The first-order chi connectivity index (χ1) is 19.0. The van der Waals surface area contributed by atoms with Gasteiger partial charge in [-0.1, -0.05) is 0 Å². The summed E-state index contributed by atoms with van der Waals surface area (Å²) in [6, 6.07) is 10.8. The Morgan fingerprint density at radius 2 is 1.56 bits per heavy atom. The van der Waals surface area contributed by atoms with Gasteiger partial charge in [-0.05, 0) is 113 Å². The molecule has 0 unspecified atom stereocenters. The van der Waals surface area contributed by atoms with Gasteiger partial charge in [0.1, 0.15) is 11.6 Å². The Labute approximate surface area is 229 Å². The number of anilines is 1. The van der Waals surface area contributed by atoms with Crippen molar-refractivity contribution in [3.8, 4) is 0 Å². The molecular formula is C31H39F2N3O3. The van der Waals surface area contributed by atoms with Crippen LogP contribution in [-0.2, 0) is 4.74 Å². The van der Waals surface area contributed by atoms with Gasteiger partial charge in [-0.25, -0.2) is 8.78 Å². The molecule has 2 heterocycles. The van der Waals surface area contributed by atoms with Crippen molar-refractivity contribution in [1.82, 2.24) is 10.2 Å². The number of Topliss-reactive ketones (excluding diaryl/α,β-unsaturated/α-hetero) is 1. The van der Waals surface area contributed by atoms with E-state index < -0.39 is 5.82 Å². The lowest BCUT2D eigenvalue weighted by Gasteiger charge is -2.34. The minimum absolute atomic E-state index is 0.0196. The van der Waals surface area contributed by atoms with E-state index in [0.717, 1.165) is 83.4 Å². The summed E-state index contributed by atoms with van der Waals surface area (Å²) >= 11 is 0. The molecule has 8 heteroatoms. The summed E-state index contributed by atoms with van der Waals surface area (Å²) in [5.74, 6) is -0.354. The van der Waals surface area contributed by atoms with Gasteiger partial charge in [0.05, 0.1) is 18.8 Å². The van der Waals surface area contributed by atoms with E-state index in [0.29, 0.717) is 24.7 Å². The molecule has 1 N–H and O–H groups in total. The summed E-state index contributed by atoms with van der Waals surface area (Å²) in [5, 5.41) is 3.06. The zero-order valence-corrected chi connectivity index (χ0v) is 22.5. The molecule has 1 aliphatic carbocycles. The fraction of sp³-hybridized carbons (Fsp3) is 0.548. The second kappa shape index (κ2) is 13.0. The standard InChI is InChI=1S/C31H39F2N3O3/c32-25-5-3-23(4-6-25)30(37)24-12-15-35(16-13-24)14-11-22-1-7-26(8-2-22)34-31(38)28-10-9-27(21-29(28)33)36-17-19-39-20-18-36/h3-6,9-10,21-22,24,26H,1-2,7-8,11-20H2,(H,34,38). The minimum Gasteiger partial charge on any atom is -0.378 e. The van der Waals surface area contributed by atoms with E-state index >= 15 is 0 Å². The van der Waals surface area contributed by atoms with Crippen LogP contribution in [0.1, 0.15) is 65.7 Å². The smallest absolute Gasteiger partial charge is 0.254 e. The summed E-state index contributed by atoms with van der Waals surface area (Å²) in [5.41, 5.74) is 1.50. The van der Waals surface area contributed by atoms with Gasteiger partial charge in [0.2, 0.25) is 0 Å². The summed E-state index contributed by atoms with van der Waals surface area (Å²) in [6.45, 7) is 5.57. The number of amides is 1. The van der Waals surface area contributed by atoms with E-state index in [9.17, 15) is 18.4 Å². The molecule has 210 valence electrons. The second-order valence-corrected chi connectivity index (χ2v) is 11.2. The Kier molecular flexibility index (Phi) is 9.24. The van der Waals surface area contributed by atoms with Gasteiger partial charge in [0.25, 0.3) is 5.91 Å². The number of nitrogens with one attached hydrogen (secondary N) is 1. The van der Waals surface area contributed by atoms with Crippen LogP contribution in [0.5, 0.6) is 0 Å². The highest BCUT2D eigenvalue weighted by molar-refractivity contribution is 5.98. The third kappa shape index (κ3) is 7.22. The van der Waals surface area contributed by atoms with Gasteiger partial charge in [-0.15, -0.1) is 0 Å². The number of benzene rings is 2. The highest BCUT2D eigenvalue weighted by atomic mass is 19.1. The SMILES string of the molecule is O=C(NC1CCC(CCN2CCC(C(=O)c3ccc(F)cc3)CC2)CC1)c1ccc(N2CCOCC2)cc1F. The van der Waals surface area contributed by atoms with Crippen molar-refractivity contribution >= 4 is 17.4 Å². The molecule has 1 saturated carbocycles. The van der Waals surface area contributed by atoms with Crippen LogP contribution in [0.4, 0.5) is 14.5 Å². The molecule has 39 heavy (non-hydrogen) atoms. The molecular weight excluding hydrogens is 500 g/mol. The number of carbonyl (C=O) groups is 2. The fourth-order valence-electron chi connectivity index (χ4n) is 6.20. The van der Waals surface area contributed by atoms with Crippen LogP contribution in [0, 0.1) is 23.5 Å². The zero-order valence-electron chi connectivity index (χ0n) is 22.5. The maximum absolute atomic E-state index is 14.8. The second-order valence-electron chi connectivity index (χ2n) is 11.2. The predicted octanol–water partition coefficient (Wildman–Crippen LogP) is 5.08. The fourth-order valence-corrected chi connectivity index (χ4v) is 6.20. The Morgan fingerprint density at radius 3 is 2.23 bits per heavy atom. The largest absolute Gasteiger partial charge is 0.378 e. The Morgan fingerprint density at radius 1 is 0.872 bits per heavy atom. The maximum Gasteiger partial charge on any atom is 0.254 e. The van der Waals surface area contributed by atoms with Crippen molar-refractivity contribution in [2.24, 2.45) is 11.8 Å². The van der Waals surface area contributed by atoms with E-state index in [-0.39, 0.29) is 35.0 Å². The first-order valence-corrected chi connectivity index (χ1v) is 14.4. The van der Waals surface area contributed by atoms with Crippen LogP contribution in [0.2, 0.25) is 0 Å². The summed E-state index contributed by atoms with van der Waals surface area (Å²) in [6.07, 6.45) is 6.76. The van der Waals surface area contributed by atoms with Crippen LogP contribution >= 0.6 is 0 Å². The number of halogens is 2. The average molecular weight is 540 g/mol. The van der Waals surface area contributed by atoms with E-state index in [1.54, 1.807) is 18.2 Å². The number of ether oxygens (including phenoxy) is 1. The number of carbonyl (C=O) groups excluding carboxylic acids is 2. The number of nitrogens with zero attached hydrogens (tertiary/aromatic N) is 2. The first-order valence-electron chi connectivity index (χ1n) is 14.4. The molecule has 1 amide bonds. The molecule has 2 aromatic rings. The zero-order chi connectivity index (χ0) is 27.2. The third-order valence-corrected chi connectivity index (χ3v) is 8.70. The maximum atomic E-state index is 14.8. The van der Waals surface area contributed by atoms with Crippen molar-refractivity contribution in [1.29, 1.82) is 0 Å². The average Bonchev–Trinajstić information content (AvgIpc) is 2.97. The summed E-state index contributed by atoms with van der Waals surface area (Å²) in [7, 11) is 0. The highest BCUT2D eigenvalue weighted by Crippen LogP contribution is 2.29. The molecule has 6 nitrogen and oxygen atoms in total. The monoisotopic (exact) mass is 539 g/mol. The number of rotatable bonds is 8. The lowest BCUT2D eigenvalue weighted by molar-refractivity contribution is 0.0832. The van der Waals surface area contributed by atoms with E-state index in [4.69, 9.17) is 4.74 Å². The van der Waals surface area contributed by atoms with Gasteiger partial charge in [-0.2, -0.15) is 0 Å². The van der Waals surface area contributed by atoms with Crippen molar-refractivity contribution in [2.75, 3.05) is 50.8 Å². The number of ketones is 1. The molecule has 3 fully saturated rings. The van der Waals surface area contributed by atoms with Gasteiger partial charge >= 0.3 is 0 Å². The van der Waals surface area contributed by atoms with Crippen LogP contribution in [-0.4, -0.2) is 68.6 Å². The number of hydrogen-bond donors (Lipinski definition) is 1. The van der Waals surface area contributed by atoms with Gasteiger partial charge < -0.3 is 19.9 Å². The third-order valence-electron chi connectivity index (χ3n) is 8.70. The molecule has 2 saturated heterocycles. The van der Waals surface area contributed by atoms with Crippen molar-refractivity contribution in [3.63, 3.8) is 0 Å². The number of piperidine rings is 1. The van der Waals surface area contributed by atoms with Crippen molar-refractivity contribution in [2.45, 2.75) is 51.0 Å². The minimum atomic E-state index is -0.478. The predicted molar refractivity (Wildman–Crippen MR) is 147 cm³/mol. The molecule has 0 bridgehead atoms. The normalized spacial score (nSPS) is 23.0. The van der Waals surface area contributed by atoms with Gasteiger partial charge in [-0.3, -0.25) is 9.59 Å². The quantitative estimate of drug-likeness (QED) is 0.475. The molecule has 3 aliphatic rings. The van der Waals surface area contributed by atoms with Crippen molar-refractivity contribution < 1.29 is 23.1 Å². The lowest BCUT2D eigenvalue weighted by Crippen LogP contribution is -2.39.